The van der Waals surface area contributed by atoms with Gasteiger partial charge in [0.1, 0.15) is 5.52 Å². The van der Waals surface area contributed by atoms with Crippen molar-refractivity contribution in [1.29, 1.82) is 0 Å². The predicted molar refractivity (Wildman–Crippen MR) is 95.1 cm³/mol. The van der Waals surface area contributed by atoms with Crippen molar-refractivity contribution in [2.45, 2.75) is 6.92 Å². The normalized spacial score (nSPS) is 14.9. The Balaban J connectivity index is 1.51. The first kappa shape index (κ1) is 15.4. The van der Waals surface area contributed by atoms with Gasteiger partial charge in [-0.25, -0.2) is 4.52 Å². The number of nitrogens with zero attached hydrogens (tertiary/aromatic N) is 4. The maximum Gasteiger partial charge on any atom is 0.274 e. The summed E-state index contributed by atoms with van der Waals surface area (Å²) in [5.41, 5.74) is 2.34. The molecule has 1 aromatic carbocycles. The Morgan fingerprint density at radius 2 is 1.84 bits per heavy atom. The third-order valence-corrected chi connectivity index (χ3v) is 4.50. The van der Waals surface area contributed by atoms with Crippen LogP contribution in [0.1, 0.15) is 16.2 Å². The Bertz CT molecular complexity index is 968. The van der Waals surface area contributed by atoms with Crippen LogP contribution in [0.3, 0.4) is 0 Å². The number of carbonyl (C=O) groups excluding carboxylic acids is 1. The van der Waals surface area contributed by atoms with Crippen molar-refractivity contribution in [2.75, 3.05) is 31.1 Å². The van der Waals surface area contributed by atoms with Gasteiger partial charge in [-0.3, -0.25) is 9.59 Å². The molecule has 0 atom stereocenters. The van der Waals surface area contributed by atoms with E-state index in [-0.39, 0.29) is 11.5 Å². The molecular weight excluding hydrogens is 318 g/mol. The number of aryl methyl sites for hydroxylation is 1. The second-order valence-electron chi connectivity index (χ2n) is 6.24. The molecule has 1 saturated heterocycles. The molecule has 0 spiro atoms. The molecule has 25 heavy (non-hydrogen) atoms. The molecule has 0 radical (unpaired) electrons. The monoisotopic (exact) mass is 337 g/mol. The summed E-state index contributed by atoms with van der Waals surface area (Å²) in [4.78, 5) is 31.5. The lowest BCUT2D eigenvalue weighted by molar-refractivity contribution is 0.0740. The summed E-state index contributed by atoms with van der Waals surface area (Å²) in [6.45, 7) is 4.62. The smallest absolute Gasteiger partial charge is 0.274 e. The quantitative estimate of drug-likeness (QED) is 0.765. The maximum atomic E-state index is 12.7. The lowest BCUT2D eigenvalue weighted by Gasteiger charge is -2.35. The van der Waals surface area contributed by atoms with Gasteiger partial charge in [0.15, 0.2) is 5.69 Å². The van der Waals surface area contributed by atoms with Crippen LogP contribution in [-0.2, 0) is 0 Å². The summed E-state index contributed by atoms with van der Waals surface area (Å²) in [7, 11) is 0. The Morgan fingerprint density at radius 3 is 2.56 bits per heavy atom. The fraction of sp³-hybridized carbons (Fsp3) is 0.278. The minimum Gasteiger partial charge on any atom is -0.368 e. The molecule has 7 heteroatoms. The number of aromatic nitrogens is 3. The first-order chi connectivity index (χ1) is 12.1. The van der Waals surface area contributed by atoms with E-state index in [0.717, 1.165) is 13.1 Å². The van der Waals surface area contributed by atoms with Crippen LogP contribution in [0.25, 0.3) is 5.52 Å². The molecule has 3 aromatic rings. The highest BCUT2D eigenvalue weighted by Gasteiger charge is 2.24. The van der Waals surface area contributed by atoms with Crippen molar-refractivity contribution in [2.24, 2.45) is 0 Å². The fourth-order valence-electron chi connectivity index (χ4n) is 3.19. The number of nitrogens with one attached hydrogen (secondary N) is 1. The second-order valence-corrected chi connectivity index (χ2v) is 6.24. The van der Waals surface area contributed by atoms with E-state index in [4.69, 9.17) is 0 Å². The molecule has 0 unspecified atom stereocenters. The van der Waals surface area contributed by atoms with Crippen LogP contribution >= 0.6 is 0 Å². The number of amides is 1. The second kappa shape index (κ2) is 6.08. The minimum absolute atomic E-state index is 0.131. The van der Waals surface area contributed by atoms with Crippen molar-refractivity contribution in [3.8, 4) is 0 Å². The first-order valence-electron chi connectivity index (χ1n) is 8.30. The molecule has 7 nitrogen and oxygen atoms in total. The standard InChI is InChI=1S/C18H19N5O2/c1-13-12-23-16(17(24)19-13)11-15(20-23)18(25)22-9-7-21(8-10-22)14-5-3-2-4-6-14/h2-6,11-12H,7-10H2,1H3,(H,19,24). The van der Waals surface area contributed by atoms with E-state index >= 15 is 0 Å². The topological polar surface area (TPSA) is 73.7 Å². The summed E-state index contributed by atoms with van der Waals surface area (Å²) in [5, 5.41) is 4.28. The highest BCUT2D eigenvalue weighted by molar-refractivity contribution is 5.93. The van der Waals surface area contributed by atoms with Crippen LogP contribution in [0.15, 0.2) is 47.4 Å². The third-order valence-electron chi connectivity index (χ3n) is 4.50. The number of carbonyl (C=O) groups is 1. The van der Waals surface area contributed by atoms with Crippen LogP contribution in [0.2, 0.25) is 0 Å². The molecule has 1 amide bonds. The molecule has 3 heterocycles. The molecule has 2 aromatic heterocycles. The van der Waals surface area contributed by atoms with Gasteiger partial charge in [0.2, 0.25) is 0 Å². The van der Waals surface area contributed by atoms with Crippen molar-refractivity contribution in [3.63, 3.8) is 0 Å². The molecule has 0 bridgehead atoms. The summed E-state index contributed by atoms with van der Waals surface area (Å²) >= 11 is 0. The number of rotatable bonds is 2. The molecular formula is C18H19N5O2. The van der Waals surface area contributed by atoms with Crippen LogP contribution in [0, 0.1) is 6.92 Å². The zero-order chi connectivity index (χ0) is 17.4. The van der Waals surface area contributed by atoms with Gasteiger partial charge in [0.25, 0.3) is 11.5 Å². The number of para-hydroxylation sites is 1. The van der Waals surface area contributed by atoms with Crippen LogP contribution < -0.4 is 10.5 Å². The van der Waals surface area contributed by atoms with Gasteiger partial charge in [0, 0.05) is 49.8 Å². The summed E-state index contributed by atoms with van der Waals surface area (Å²) in [6.07, 6.45) is 1.71. The van der Waals surface area contributed by atoms with E-state index in [0.29, 0.717) is 30.0 Å². The van der Waals surface area contributed by atoms with Gasteiger partial charge in [-0.05, 0) is 19.1 Å². The number of anilines is 1. The molecule has 1 fully saturated rings. The molecule has 1 N–H and O–H groups in total. The molecule has 1 aliphatic heterocycles. The fourth-order valence-corrected chi connectivity index (χ4v) is 3.19. The number of hydrogen-bond acceptors (Lipinski definition) is 4. The molecule has 0 saturated carbocycles. The van der Waals surface area contributed by atoms with Crippen molar-refractivity contribution >= 4 is 17.1 Å². The molecule has 0 aliphatic carbocycles. The summed E-state index contributed by atoms with van der Waals surface area (Å²) < 4.78 is 1.47. The van der Waals surface area contributed by atoms with Gasteiger partial charge in [-0.2, -0.15) is 5.10 Å². The number of hydrogen-bond donors (Lipinski definition) is 1. The number of aromatic amines is 1. The van der Waals surface area contributed by atoms with Crippen molar-refractivity contribution < 1.29 is 4.79 Å². The number of piperazine rings is 1. The van der Waals surface area contributed by atoms with E-state index in [1.165, 1.54) is 10.2 Å². The van der Waals surface area contributed by atoms with E-state index in [1.807, 2.05) is 18.2 Å². The highest BCUT2D eigenvalue weighted by Crippen LogP contribution is 2.16. The van der Waals surface area contributed by atoms with E-state index in [1.54, 1.807) is 24.1 Å². The zero-order valence-corrected chi connectivity index (χ0v) is 14.0. The van der Waals surface area contributed by atoms with Gasteiger partial charge >= 0.3 is 0 Å². The van der Waals surface area contributed by atoms with E-state index < -0.39 is 0 Å². The molecule has 1 aliphatic rings. The molecule has 128 valence electrons. The van der Waals surface area contributed by atoms with Gasteiger partial charge in [-0.15, -0.1) is 0 Å². The predicted octanol–water partition coefficient (Wildman–Crippen LogP) is 1.29. The lowest BCUT2D eigenvalue weighted by atomic mass is 10.2. The highest BCUT2D eigenvalue weighted by atomic mass is 16.2. The maximum absolute atomic E-state index is 12.7. The van der Waals surface area contributed by atoms with E-state index in [9.17, 15) is 9.59 Å². The Kier molecular flexibility index (Phi) is 3.76. The Morgan fingerprint density at radius 1 is 1.12 bits per heavy atom. The minimum atomic E-state index is -0.236. The van der Waals surface area contributed by atoms with Gasteiger partial charge in [0.05, 0.1) is 0 Å². The van der Waals surface area contributed by atoms with E-state index in [2.05, 4.69) is 27.1 Å². The number of benzene rings is 1. The molecule has 4 rings (SSSR count). The van der Waals surface area contributed by atoms with Crippen LogP contribution in [0.4, 0.5) is 5.69 Å². The average molecular weight is 337 g/mol. The number of fused-ring (bicyclic) bond motifs is 1. The largest absolute Gasteiger partial charge is 0.368 e. The van der Waals surface area contributed by atoms with Crippen molar-refractivity contribution in [1.82, 2.24) is 19.5 Å². The van der Waals surface area contributed by atoms with Gasteiger partial charge in [-0.1, -0.05) is 18.2 Å². The Hall–Kier alpha value is -3.09. The zero-order valence-electron chi connectivity index (χ0n) is 14.0. The van der Waals surface area contributed by atoms with Crippen LogP contribution in [-0.4, -0.2) is 51.6 Å². The SMILES string of the molecule is Cc1cn2nc(C(=O)N3CCN(c4ccccc4)CC3)cc2c(=O)[nH]1. The third kappa shape index (κ3) is 2.88. The van der Waals surface area contributed by atoms with Gasteiger partial charge < -0.3 is 14.8 Å². The Labute approximate surface area is 144 Å². The lowest BCUT2D eigenvalue weighted by Crippen LogP contribution is -2.48. The summed E-state index contributed by atoms with van der Waals surface area (Å²) in [5.74, 6) is -0.131. The number of H-pyrrole nitrogens is 1. The average Bonchev–Trinajstić information content (AvgIpc) is 3.06. The first-order valence-corrected chi connectivity index (χ1v) is 8.30. The van der Waals surface area contributed by atoms with Crippen molar-refractivity contribution in [3.05, 3.63) is 64.3 Å². The van der Waals surface area contributed by atoms with Crippen LogP contribution in [0.5, 0.6) is 0 Å². The summed E-state index contributed by atoms with van der Waals surface area (Å²) in [6, 6.07) is 11.7.